The molecular weight excluding hydrogens is 174 g/mol. The van der Waals surface area contributed by atoms with Gasteiger partial charge in [-0.15, -0.1) is 0 Å². The Labute approximate surface area is 86.7 Å². The molecule has 1 heterocycles. The second-order valence-corrected chi connectivity index (χ2v) is 4.88. The quantitative estimate of drug-likeness (QED) is 0.673. The third kappa shape index (κ3) is 2.00. The first-order valence-corrected chi connectivity index (χ1v) is 6.03. The van der Waals surface area contributed by atoms with Gasteiger partial charge in [0.25, 0.3) is 0 Å². The van der Waals surface area contributed by atoms with Crippen molar-refractivity contribution in [3.05, 3.63) is 0 Å². The van der Waals surface area contributed by atoms with Crippen molar-refractivity contribution in [2.45, 2.75) is 51.0 Å². The normalized spacial score (nSPS) is 30.8. The first-order chi connectivity index (χ1) is 6.79. The summed E-state index contributed by atoms with van der Waals surface area (Å²) < 4.78 is 0. The van der Waals surface area contributed by atoms with E-state index in [0.717, 1.165) is 25.8 Å². The van der Waals surface area contributed by atoms with Gasteiger partial charge in [-0.1, -0.05) is 19.3 Å². The second kappa shape index (κ2) is 4.43. The van der Waals surface area contributed by atoms with E-state index in [0.29, 0.717) is 11.7 Å². The molecule has 14 heavy (non-hydrogen) atoms. The summed E-state index contributed by atoms with van der Waals surface area (Å²) in [5.74, 6) is 0.959. The fourth-order valence-electron chi connectivity index (χ4n) is 2.58. The minimum atomic E-state index is 0.253. The average molecular weight is 195 g/mol. The highest BCUT2D eigenvalue weighted by Gasteiger charge is 2.33. The van der Waals surface area contributed by atoms with Crippen molar-refractivity contribution in [3.63, 3.8) is 0 Å². The molecule has 2 aliphatic rings. The van der Waals surface area contributed by atoms with Crippen molar-refractivity contribution in [1.82, 2.24) is 4.90 Å². The van der Waals surface area contributed by atoms with Gasteiger partial charge >= 0.3 is 0 Å². The summed E-state index contributed by atoms with van der Waals surface area (Å²) in [6.45, 7) is 1.11. The third-order valence-corrected chi connectivity index (χ3v) is 3.86. The third-order valence-electron chi connectivity index (χ3n) is 3.86. The van der Waals surface area contributed by atoms with Gasteiger partial charge in [0, 0.05) is 5.92 Å². The van der Waals surface area contributed by atoms with Crippen LogP contribution in [0.3, 0.4) is 0 Å². The number of carbonyl (C=O) groups excluding carboxylic acids is 1. The standard InChI is InChI=1S/C12H21NO/c1-13-9-4-2-3-8-11(13)12(14)10-6-5-7-10/h10-11H,2-9H2,1H3. The van der Waals surface area contributed by atoms with Gasteiger partial charge in [0.05, 0.1) is 6.04 Å². The van der Waals surface area contributed by atoms with E-state index in [9.17, 15) is 4.79 Å². The average Bonchev–Trinajstić information content (AvgIpc) is 2.26. The number of hydrogen-bond acceptors (Lipinski definition) is 2. The highest BCUT2D eigenvalue weighted by molar-refractivity contribution is 5.86. The molecule has 1 aliphatic carbocycles. The Morgan fingerprint density at radius 2 is 1.86 bits per heavy atom. The van der Waals surface area contributed by atoms with Gasteiger partial charge in [-0.3, -0.25) is 9.69 Å². The largest absolute Gasteiger partial charge is 0.298 e. The van der Waals surface area contributed by atoms with Crippen LogP contribution in [0, 0.1) is 5.92 Å². The lowest BCUT2D eigenvalue weighted by atomic mass is 9.79. The van der Waals surface area contributed by atoms with Gasteiger partial charge in [0.2, 0.25) is 0 Å². The Bertz CT molecular complexity index is 210. The van der Waals surface area contributed by atoms with E-state index in [1.807, 2.05) is 0 Å². The minimum Gasteiger partial charge on any atom is -0.298 e. The van der Waals surface area contributed by atoms with E-state index in [2.05, 4.69) is 11.9 Å². The van der Waals surface area contributed by atoms with Gasteiger partial charge in [0.15, 0.2) is 5.78 Å². The maximum atomic E-state index is 12.1. The number of nitrogens with zero attached hydrogens (tertiary/aromatic N) is 1. The summed E-state index contributed by atoms with van der Waals surface area (Å²) >= 11 is 0. The van der Waals surface area contributed by atoms with Gasteiger partial charge in [-0.2, -0.15) is 0 Å². The van der Waals surface area contributed by atoms with Crippen LogP contribution < -0.4 is 0 Å². The first kappa shape index (κ1) is 10.2. The molecule has 1 saturated carbocycles. The van der Waals surface area contributed by atoms with Crippen LogP contribution in [0.1, 0.15) is 44.9 Å². The van der Waals surface area contributed by atoms with Crippen molar-refractivity contribution in [2.75, 3.05) is 13.6 Å². The lowest BCUT2D eigenvalue weighted by Gasteiger charge is -2.32. The van der Waals surface area contributed by atoms with Crippen LogP contribution in [-0.4, -0.2) is 30.3 Å². The zero-order chi connectivity index (χ0) is 9.97. The maximum absolute atomic E-state index is 12.1. The summed E-state index contributed by atoms with van der Waals surface area (Å²) in [6, 6.07) is 0.253. The molecule has 2 fully saturated rings. The molecule has 1 saturated heterocycles. The van der Waals surface area contributed by atoms with Crippen LogP contribution in [0.2, 0.25) is 0 Å². The zero-order valence-corrected chi connectivity index (χ0v) is 9.17. The molecule has 0 spiro atoms. The molecule has 0 N–H and O–H groups in total. The monoisotopic (exact) mass is 195 g/mol. The van der Waals surface area contributed by atoms with E-state index >= 15 is 0 Å². The smallest absolute Gasteiger partial charge is 0.153 e. The van der Waals surface area contributed by atoms with Crippen molar-refractivity contribution in [1.29, 1.82) is 0 Å². The SMILES string of the molecule is CN1CCCCCC1C(=O)C1CCC1. The number of ketones is 1. The number of likely N-dealkylation sites (N-methyl/N-ethyl adjacent to an activating group) is 1. The Morgan fingerprint density at radius 3 is 2.50 bits per heavy atom. The van der Waals surface area contributed by atoms with E-state index in [1.54, 1.807) is 0 Å². The summed E-state index contributed by atoms with van der Waals surface area (Å²) in [7, 11) is 2.12. The van der Waals surface area contributed by atoms with Gasteiger partial charge in [-0.25, -0.2) is 0 Å². The first-order valence-electron chi connectivity index (χ1n) is 6.03. The Kier molecular flexibility index (Phi) is 3.22. The maximum Gasteiger partial charge on any atom is 0.153 e. The van der Waals surface area contributed by atoms with Crippen molar-refractivity contribution in [3.8, 4) is 0 Å². The molecule has 0 radical (unpaired) electrons. The van der Waals surface area contributed by atoms with Crippen LogP contribution in [0.25, 0.3) is 0 Å². The number of likely N-dealkylation sites (tertiary alicyclic amines) is 1. The van der Waals surface area contributed by atoms with Crippen molar-refractivity contribution in [2.24, 2.45) is 5.92 Å². The Hall–Kier alpha value is -0.370. The Balaban J connectivity index is 1.95. The molecule has 2 rings (SSSR count). The molecule has 2 heteroatoms. The topological polar surface area (TPSA) is 20.3 Å². The minimum absolute atomic E-state index is 0.253. The number of rotatable bonds is 2. The summed E-state index contributed by atoms with van der Waals surface area (Å²) in [6.07, 6.45) is 8.50. The van der Waals surface area contributed by atoms with Crippen LogP contribution in [-0.2, 0) is 4.79 Å². The Morgan fingerprint density at radius 1 is 1.07 bits per heavy atom. The van der Waals surface area contributed by atoms with Crippen LogP contribution in [0.15, 0.2) is 0 Å². The van der Waals surface area contributed by atoms with Crippen LogP contribution >= 0.6 is 0 Å². The number of hydrogen-bond donors (Lipinski definition) is 0. The van der Waals surface area contributed by atoms with E-state index in [1.165, 1.54) is 25.7 Å². The molecule has 0 aromatic rings. The van der Waals surface area contributed by atoms with Crippen LogP contribution in [0.5, 0.6) is 0 Å². The van der Waals surface area contributed by atoms with Crippen molar-refractivity contribution >= 4 is 5.78 Å². The van der Waals surface area contributed by atoms with Gasteiger partial charge < -0.3 is 0 Å². The van der Waals surface area contributed by atoms with Crippen LogP contribution in [0.4, 0.5) is 0 Å². The summed E-state index contributed by atoms with van der Waals surface area (Å²) in [5, 5.41) is 0. The molecular formula is C12H21NO. The summed E-state index contributed by atoms with van der Waals surface area (Å²) in [5.41, 5.74) is 0. The molecule has 80 valence electrons. The molecule has 2 nitrogen and oxygen atoms in total. The number of carbonyl (C=O) groups is 1. The fraction of sp³-hybridized carbons (Fsp3) is 0.917. The number of Topliss-reactive ketones (excluding diaryl/α,β-unsaturated/α-hetero) is 1. The predicted octanol–water partition coefficient (Wildman–Crippen LogP) is 2.23. The molecule has 0 aromatic carbocycles. The van der Waals surface area contributed by atoms with E-state index in [4.69, 9.17) is 0 Å². The molecule has 0 amide bonds. The zero-order valence-electron chi connectivity index (χ0n) is 9.17. The lowest BCUT2D eigenvalue weighted by Crippen LogP contribution is -2.42. The molecule has 0 aromatic heterocycles. The highest BCUT2D eigenvalue weighted by Crippen LogP contribution is 2.30. The van der Waals surface area contributed by atoms with E-state index in [-0.39, 0.29) is 6.04 Å². The second-order valence-electron chi connectivity index (χ2n) is 4.88. The highest BCUT2D eigenvalue weighted by atomic mass is 16.1. The predicted molar refractivity (Wildman–Crippen MR) is 57.2 cm³/mol. The molecule has 1 aliphatic heterocycles. The molecule has 1 unspecified atom stereocenters. The molecule has 1 atom stereocenters. The molecule has 0 bridgehead atoms. The fourth-order valence-corrected chi connectivity index (χ4v) is 2.58. The van der Waals surface area contributed by atoms with E-state index < -0.39 is 0 Å². The summed E-state index contributed by atoms with van der Waals surface area (Å²) in [4.78, 5) is 14.4. The van der Waals surface area contributed by atoms with Crippen molar-refractivity contribution < 1.29 is 4.79 Å². The van der Waals surface area contributed by atoms with Gasteiger partial charge in [-0.05, 0) is 39.3 Å². The lowest BCUT2D eigenvalue weighted by molar-refractivity contribution is -0.130. The van der Waals surface area contributed by atoms with Gasteiger partial charge in [0.1, 0.15) is 0 Å².